The molecule has 5 nitrogen and oxygen atoms in total. The Morgan fingerprint density at radius 1 is 1.39 bits per heavy atom. The lowest BCUT2D eigenvalue weighted by molar-refractivity contribution is -0.130. The molecule has 0 bridgehead atoms. The lowest BCUT2D eigenvalue weighted by Crippen LogP contribution is -2.27. The first-order valence-corrected chi connectivity index (χ1v) is 7.41. The second-order valence-electron chi connectivity index (χ2n) is 3.94. The van der Waals surface area contributed by atoms with Crippen LogP contribution in [0.15, 0.2) is 23.1 Å². The number of carbonyl (C=O) groups excluding carboxylic acids is 1. The summed E-state index contributed by atoms with van der Waals surface area (Å²) in [6, 6.07) is 4.34. The van der Waals surface area contributed by atoms with Crippen LogP contribution in [0, 0.1) is 6.92 Å². The average molecular weight is 292 g/mol. The quantitative estimate of drug-likeness (QED) is 0.787. The molecule has 0 unspecified atom stereocenters. The van der Waals surface area contributed by atoms with Crippen LogP contribution in [0.25, 0.3) is 0 Å². The van der Waals surface area contributed by atoms with E-state index in [0.29, 0.717) is 11.3 Å². The zero-order chi connectivity index (χ0) is 13.9. The first kappa shape index (κ1) is 14.8. The van der Waals surface area contributed by atoms with E-state index >= 15 is 0 Å². The van der Waals surface area contributed by atoms with Gasteiger partial charge >= 0.3 is 0 Å². The molecule has 0 heterocycles. The number of aryl methyl sites for hydroxylation is 1. The van der Waals surface area contributed by atoms with Crippen molar-refractivity contribution in [3.63, 3.8) is 0 Å². The van der Waals surface area contributed by atoms with Crippen molar-refractivity contribution < 1.29 is 17.9 Å². The number of carbonyl (C=O) groups is 1. The van der Waals surface area contributed by atoms with Gasteiger partial charge in [0.15, 0.2) is 6.61 Å². The number of rotatable bonds is 4. The molecular weight excluding hydrogens is 278 g/mol. The zero-order valence-electron chi connectivity index (χ0n) is 10.3. The van der Waals surface area contributed by atoms with Gasteiger partial charge in [0.05, 0.1) is 4.90 Å². The Balaban J connectivity index is 2.83. The number of nitrogens with zero attached hydrogens (tertiary/aromatic N) is 1. The highest BCUT2D eigenvalue weighted by Gasteiger charge is 2.14. The Morgan fingerprint density at radius 2 is 2.00 bits per heavy atom. The van der Waals surface area contributed by atoms with E-state index in [-0.39, 0.29) is 17.4 Å². The molecule has 100 valence electrons. The third-order valence-electron chi connectivity index (χ3n) is 2.27. The molecule has 0 N–H and O–H groups in total. The van der Waals surface area contributed by atoms with Crippen molar-refractivity contribution in [3.05, 3.63) is 23.8 Å². The summed E-state index contributed by atoms with van der Waals surface area (Å²) in [4.78, 5) is 12.8. The Hall–Kier alpha value is -1.27. The van der Waals surface area contributed by atoms with Gasteiger partial charge in [-0.05, 0) is 30.7 Å². The van der Waals surface area contributed by atoms with E-state index < -0.39 is 9.05 Å². The fraction of sp³-hybridized carbons (Fsp3) is 0.364. The molecule has 1 rings (SSSR count). The van der Waals surface area contributed by atoms with E-state index in [2.05, 4.69) is 0 Å². The monoisotopic (exact) mass is 291 g/mol. The van der Waals surface area contributed by atoms with Gasteiger partial charge < -0.3 is 9.64 Å². The maximum absolute atomic E-state index is 11.3. The minimum atomic E-state index is -3.75. The highest BCUT2D eigenvalue weighted by atomic mass is 35.7. The van der Waals surface area contributed by atoms with Crippen LogP contribution in [-0.4, -0.2) is 39.9 Å². The normalized spacial score (nSPS) is 11.1. The maximum atomic E-state index is 11.3. The van der Waals surface area contributed by atoms with Gasteiger partial charge in [-0.15, -0.1) is 0 Å². The molecule has 1 aromatic rings. The van der Waals surface area contributed by atoms with E-state index in [9.17, 15) is 13.2 Å². The molecule has 0 aliphatic heterocycles. The molecule has 1 aromatic carbocycles. The molecule has 0 aliphatic rings. The minimum absolute atomic E-state index is 0.0375. The SMILES string of the molecule is Cc1cc(OCC(=O)N(C)C)ccc1S(=O)(=O)Cl. The van der Waals surface area contributed by atoms with Gasteiger partial charge in [-0.25, -0.2) is 8.42 Å². The van der Waals surface area contributed by atoms with Crippen molar-refractivity contribution in [1.82, 2.24) is 4.90 Å². The summed E-state index contributed by atoms with van der Waals surface area (Å²) < 4.78 is 27.6. The predicted molar refractivity (Wildman–Crippen MR) is 68.4 cm³/mol. The Morgan fingerprint density at radius 3 is 2.44 bits per heavy atom. The predicted octanol–water partition coefficient (Wildman–Crippen LogP) is 1.39. The van der Waals surface area contributed by atoms with Crippen molar-refractivity contribution in [3.8, 4) is 5.75 Å². The average Bonchev–Trinajstić information content (AvgIpc) is 2.23. The van der Waals surface area contributed by atoms with Crippen molar-refractivity contribution >= 4 is 25.6 Å². The fourth-order valence-corrected chi connectivity index (χ4v) is 2.45. The second kappa shape index (κ2) is 5.58. The fourth-order valence-electron chi connectivity index (χ4n) is 1.26. The molecule has 18 heavy (non-hydrogen) atoms. The van der Waals surface area contributed by atoms with Crippen LogP contribution in [0.3, 0.4) is 0 Å². The van der Waals surface area contributed by atoms with Crippen molar-refractivity contribution in [2.45, 2.75) is 11.8 Å². The number of ether oxygens (including phenoxy) is 1. The summed E-state index contributed by atoms with van der Waals surface area (Å²) in [6.45, 7) is 1.51. The topological polar surface area (TPSA) is 63.7 Å². The molecule has 0 aromatic heterocycles. The number of hydrogen-bond acceptors (Lipinski definition) is 4. The van der Waals surface area contributed by atoms with Crippen molar-refractivity contribution in [2.75, 3.05) is 20.7 Å². The second-order valence-corrected chi connectivity index (χ2v) is 6.48. The molecule has 7 heteroatoms. The van der Waals surface area contributed by atoms with Crippen LogP contribution in [0.4, 0.5) is 0 Å². The van der Waals surface area contributed by atoms with Crippen LogP contribution >= 0.6 is 10.7 Å². The summed E-state index contributed by atoms with van der Waals surface area (Å²) in [7, 11) is 4.75. The lowest BCUT2D eigenvalue weighted by atomic mass is 10.2. The van der Waals surface area contributed by atoms with E-state index in [1.54, 1.807) is 21.0 Å². The van der Waals surface area contributed by atoms with E-state index in [4.69, 9.17) is 15.4 Å². The van der Waals surface area contributed by atoms with Crippen LogP contribution in [0.1, 0.15) is 5.56 Å². The maximum Gasteiger partial charge on any atom is 0.261 e. The van der Waals surface area contributed by atoms with Gasteiger partial charge in [-0.3, -0.25) is 4.79 Å². The molecule has 0 atom stereocenters. The first-order valence-electron chi connectivity index (χ1n) is 5.10. The zero-order valence-corrected chi connectivity index (χ0v) is 11.9. The third-order valence-corrected chi connectivity index (χ3v) is 3.75. The number of hydrogen-bond donors (Lipinski definition) is 0. The van der Waals surface area contributed by atoms with Gasteiger partial charge in [-0.2, -0.15) is 0 Å². The van der Waals surface area contributed by atoms with Crippen molar-refractivity contribution in [1.29, 1.82) is 0 Å². The molecular formula is C11H14ClNO4S. The van der Waals surface area contributed by atoms with Crippen molar-refractivity contribution in [2.24, 2.45) is 0 Å². The largest absolute Gasteiger partial charge is 0.484 e. The van der Waals surface area contributed by atoms with Gasteiger partial charge in [0.25, 0.3) is 15.0 Å². The number of halogens is 1. The van der Waals surface area contributed by atoms with Gasteiger partial charge in [0.1, 0.15) is 5.75 Å². The summed E-state index contributed by atoms with van der Waals surface area (Å²) in [5, 5.41) is 0. The smallest absolute Gasteiger partial charge is 0.261 e. The standard InChI is InChI=1S/C11H14ClNO4S/c1-8-6-9(17-7-11(14)13(2)3)4-5-10(8)18(12,15)16/h4-6H,7H2,1-3H3. The summed E-state index contributed by atoms with van der Waals surface area (Å²) in [6.07, 6.45) is 0. The lowest BCUT2D eigenvalue weighted by Gasteiger charge is -2.12. The Labute approximate surface area is 111 Å². The van der Waals surface area contributed by atoms with Crippen LogP contribution in [-0.2, 0) is 13.8 Å². The van der Waals surface area contributed by atoms with Gasteiger partial charge in [-0.1, -0.05) is 0 Å². The first-order chi connectivity index (χ1) is 8.21. The highest BCUT2D eigenvalue weighted by molar-refractivity contribution is 8.13. The summed E-state index contributed by atoms with van der Waals surface area (Å²) in [5.74, 6) is 0.244. The van der Waals surface area contributed by atoms with E-state index in [0.717, 1.165) is 0 Å². The molecule has 0 radical (unpaired) electrons. The summed E-state index contributed by atoms with van der Waals surface area (Å²) >= 11 is 0. The Kier molecular flexibility index (Phi) is 4.59. The van der Waals surface area contributed by atoms with E-state index in [1.165, 1.54) is 23.1 Å². The number of amides is 1. The minimum Gasteiger partial charge on any atom is -0.484 e. The van der Waals surface area contributed by atoms with Gasteiger partial charge in [0, 0.05) is 24.8 Å². The molecule has 0 aliphatic carbocycles. The number of likely N-dealkylation sites (N-methyl/N-ethyl adjacent to an activating group) is 1. The van der Waals surface area contributed by atoms with Gasteiger partial charge in [0.2, 0.25) is 0 Å². The third kappa shape index (κ3) is 3.89. The molecule has 0 spiro atoms. The highest BCUT2D eigenvalue weighted by Crippen LogP contribution is 2.23. The van der Waals surface area contributed by atoms with Crippen LogP contribution < -0.4 is 4.74 Å². The molecule has 0 saturated carbocycles. The van der Waals surface area contributed by atoms with E-state index in [1.807, 2.05) is 0 Å². The molecule has 0 fully saturated rings. The molecule has 1 amide bonds. The van der Waals surface area contributed by atoms with Crippen LogP contribution in [0.2, 0.25) is 0 Å². The number of benzene rings is 1. The Bertz CT molecular complexity index is 554. The summed E-state index contributed by atoms with van der Waals surface area (Å²) in [5.41, 5.74) is 0.472. The van der Waals surface area contributed by atoms with Crippen LogP contribution in [0.5, 0.6) is 5.75 Å². The molecule has 0 saturated heterocycles.